The maximum Gasteiger partial charge on any atom is 0.416 e. The lowest BCUT2D eigenvalue weighted by Gasteiger charge is -2.27. The second kappa shape index (κ2) is 7.27. The highest BCUT2D eigenvalue weighted by Crippen LogP contribution is 2.39. The Balaban J connectivity index is 1.62. The van der Waals surface area contributed by atoms with E-state index in [1.165, 1.54) is 18.2 Å². The third-order valence-electron chi connectivity index (χ3n) is 5.11. The van der Waals surface area contributed by atoms with E-state index in [-0.39, 0.29) is 23.6 Å². The minimum absolute atomic E-state index is 0.138. The molecule has 0 fully saturated rings. The van der Waals surface area contributed by atoms with E-state index in [4.69, 9.17) is 0 Å². The summed E-state index contributed by atoms with van der Waals surface area (Å²) in [6.07, 6.45) is -3.99. The van der Waals surface area contributed by atoms with Gasteiger partial charge in [0.15, 0.2) is 0 Å². The van der Waals surface area contributed by atoms with Gasteiger partial charge >= 0.3 is 12.2 Å². The van der Waals surface area contributed by atoms with Gasteiger partial charge in [0, 0.05) is 6.54 Å². The van der Waals surface area contributed by atoms with Crippen molar-refractivity contribution in [3.63, 3.8) is 0 Å². The van der Waals surface area contributed by atoms with Crippen LogP contribution in [0, 0.1) is 0 Å². The molecule has 2 aromatic rings. The predicted molar refractivity (Wildman–Crippen MR) is 99.6 cm³/mol. The van der Waals surface area contributed by atoms with Gasteiger partial charge in [0.2, 0.25) is 0 Å². The van der Waals surface area contributed by atoms with Crippen molar-refractivity contribution in [2.45, 2.75) is 18.6 Å². The third kappa shape index (κ3) is 3.70. The number of amides is 3. The fourth-order valence-corrected chi connectivity index (χ4v) is 3.76. The van der Waals surface area contributed by atoms with E-state index in [0.29, 0.717) is 18.7 Å². The van der Waals surface area contributed by atoms with E-state index >= 15 is 0 Å². The Kier molecular flexibility index (Phi) is 4.77. The number of nitrogens with zero attached hydrogens (tertiary/aromatic N) is 1. The molecule has 0 saturated heterocycles. The molecule has 0 spiro atoms. The molecule has 8 heteroatoms. The van der Waals surface area contributed by atoms with Gasteiger partial charge < -0.3 is 15.5 Å². The summed E-state index contributed by atoms with van der Waals surface area (Å²) in [5, 5.41) is 5.07. The van der Waals surface area contributed by atoms with Crippen LogP contribution in [-0.2, 0) is 17.4 Å². The van der Waals surface area contributed by atoms with Gasteiger partial charge in [-0.15, -0.1) is 0 Å². The van der Waals surface area contributed by atoms with Crippen LogP contribution in [0.15, 0.2) is 65.9 Å². The number of rotatable bonds is 4. The molecule has 2 aromatic carbocycles. The van der Waals surface area contributed by atoms with Crippen molar-refractivity contribution in [3.05, 3.63) is 82.6 Å². The zero-order valence-corrected chi connectivity index (χ0v) is 15.3. The molecule has 4 rings (SSSR count). The fraction of sp³-hybridized carbons (Fsp3) is 0.238. The van der Waals surface area contributed by atoms with E-state index < -0.39 is 23.8 Å². The van der Waals surface area contributed by atoms with Gasteiger partial charge in [0.05, 0.1) is 29.4 Å². The number of carbonyl (C=O) groups excluding carboxylic acids is 2. The lowest BCUT2D eigenvalue weighted by Crippen LogP contribution is -2.44. The third-order valence-corrected chi connectivity index (χ3v) is 5.11. The molecule has 0 unspecified atom stereocenters. The highest BCUT2D eigenvalue weighted by molar-refractivity contribution is 6.01. The normalized spacial score (nSPS) is 19.1. The van der Waals surface area contributed by atoms with Crippen LogP contribution in [0.25, 0.3) is 0 Å². The Labute approximate surface area is 165 Å². The summed E-state index contributed by atoms with van der Waals surface area (Å²) < 4.78 is 40.5. The number of alkyl halides is 3. The van der Waals surface area contributed by atoms with Gasteiger partial charge in [-0.1, -0.05) is 48.5 Å². The molecule has 0 saturated carbocycles. The molecule has 0 aliphatic carbocycles. The zero-order chi connectivity index (χ0) is 20.6. The van der Waals surface area contributed by atoms with Crippen LogP contribution in [0.3, 0.4) is 0 Å². The van der Waals surface area contributed by atoms with Crippen LogP contribution in [0.4, 0.5) is 18.0 Å². The Bertz CT molecular complexity index is 986. The lowest BCUT2D eigenvalue weighted by atomic mass is 9.92. The minimum Gasteiger partial charge on any atom is -0.333 e. The topological polar surface area (TPSA) is 61.4 Å². The van der Waals surface area contributed by atoms with Crippen molar-refractivity contribution in [2.24, 2.45) is 0 Å². The molecule has 2 aliphatic heterocycles. The molecular formula is C21H18F3N3O2. The monoisotopic (exact) mass is 401 g/mol. The summed E-state index contributed by atoms with van der Waals surface area (Å²) >= 11 is 0. The number of carbonyl (C=O) groups is 2. The minimum atomic E-state index is -4.60. The van der Waals surface area contributed by atoms with Crippen molar-refractivity contribution in [3.8, 4) is 0 Å². The first-order valence-corrected chi connectivity index (χ1v) is 9.14. The summed E-state index contributed by atoms with van der Waals surface area (Å²) in [6.45, 7) is 0.568. The Morgan fingerprint density at radius 2 is 1.69 bits per heavy atom. The summed E-state index contributed by atoms with van der Waals surface area (Å²) in [5.74, 6) is -0.370. The first-order chi connectivity index (χ1) is 13.8. The summed E-state index contributed by atoms with van der Waals surface area (Å²) in [5.41, 5.74) is 0.560. The van der Waals surface area contributed by atoms with Crippen LogP contribution in [0.2, 0.25) is 0 Å². The van der Waals surface area contributed by atoms with E-state index in [2.05, 4.69) is 10.6 Å². The average molecular weight is 401 g/mol. The number of hydrogen-bond donors (Lipinski definition) is 2. The molecule has 150 valence electrons. The van der Waals surface area contributed by atoms with Crippen LogP contribution < -0.4 is 10.6 Å². The van der Waals surface area contributed by atoms with Gasteiger partial charge in [-0.25, -0.2) is 4.79 Å². The molecule has 5 nitrogen and oxygen atoms in total. The smallest absolute Gasteiger partial charge is 0.333 e. The highest BCUT2D eigenvalue weighted by Gasteiger charge is 2.43. The Morgan fingerprint density at radius 3 is 2.41 bits per heavy atom. The predicted octanol–water partition coefficient (Wildman–Crippen LogP) is 3.40. The molecule has 2 heterocycles. The molecule has 1 atom stereocenters. The second-order valence-corrected chi connectivity index (χ2v) is 6.97. The first kappa shape index (κ1) is 19.0. The molecule has 29 heavy (non-hydrogen) atoms. The number of benzene rings is 2. The number of nitrogens with one attached hydrogen (secondary N) is 2. The summed E-state index contributed by atoms with van der Waals surface area (Å²) in [6, 6.07) is 12.8. The quantitative estimate of drug-likeness (QED) is 0.825. The van der Waals surface area contributed by atoms with Crippen molar-refractivity contribution in [2.75, 3.05) is 13.1 Å². The Morgan fingerprint density at radius 1 is 1.00 bits per heavy atom. The molecule has 2 aliphatic rings. The van der Waals surface area contributed by atoms with Crippen LogP contribution in [0.5, 0.6) is 0 Å². The van der Waals surface area contributed by atoms with Gasteiger partial charge in [0.1, 0.15) is 0 Å². The summed E-state index contributed by atoms with van der Waals surface area (Å²) in [4.78, 5) is 26.6. The van der Waals surface area contributed by atoms with E-state index in [1.54, 1.807) is 4.90 Å². The molecule has 0 radical (unpaired) electrons. The molecule has 0 bridgehead atoms. The zero-order valence-electron chi connectivity index (χ0n) is 15.3. The first-order valence-electron chi connectivity index (χ1n) is 9.14. The van der Waals surface area contributed by atoms with E-state index in [0.717, 1.165) is 11.6 Å². The number of halogens is 3. The molecular weight excluding hydrogens is 383 g/mol. The average Bonchev–Trinajstić information content (AvgIpc) is 3.01. The summed E-state index contributed by atoms with van der Waals surface area (Å²) in [7, 11) is 0. The standard InChI is InChI=1S/C21H18F3N3O2/c22-21(23,24)15-9-5-4-8-14(15)18-17-16(25-20(29)26-18)12-27(19(17)28)11-10-13-6-2-1-3-7-13/h1-9,18H,10-12H2,(H2,25,26,29)/t18-/m1/s1. The largest absolute Gasteiger partial charge is 0.416 e. The van der Waals surface area contributed by atoms with Crippen molar-refractivity contribution < 1.29 is 22.8 Å². The van der Waals surface area contributed by atoms with Crippen LogP contribution in [0.1, 0.15) is 22.7 Å². The SMILES string of the molecule is O=C1NC2=C(C(=O)N(CCc3ccccc3)C2)[C@@H](c2ccccc2C(F)(F)F)N1. The lowest BCUT2D eigenvalue weighted by molar-refractivity contribution is -0.138. The van der Waals surface area contributed by atoms with Gasteiger partial charge in [-0.3, -0.25) is 4.79 Å². The van der Waals surface area contributed by atoms with Crippen molar-refractivity contribution in [1.82, 2.24) is 15.5 Å². The van der Waals surface area contributed by atoms with Gasteiger partial charge in [0.25, 0.3) is 5.91 Å². The van der Waals surface area contributed by atoms with E-state index in [9.17, 15) is 22.8 Å². The molecule has 0 aromatic heterocycles. The van der Waals surface area contributed by atoms with Gasteiger partial charge in [-0.2, -0.15) is 13.2 Å². The molecule has 3 amide bonds. The van der Waals surface area contributed by atoms with Gasteiger partial charge in [-0.05, 0) is 23.6 Å². The highest BCUT2D eigenvalue weighted by atomic mass is 19.4. The maximum absolute atomic E-state index is 13.5. The second-order valence-electron chi connectivity index (χ2n) is 6.97. The molecule has 2 N–H and O–H groups in total. The van der Waals surface area contributed by atoms with Crippen molar-refractivity contribution >= 4 is 11.9 Å². The fourth-order valence-electron chi connectivity index (χ4n) is 3.76. The number of hydrogen-bond acceptors (Lipinski definition) is 2. The van der Waals surface area contributed by atoms with Crippen LogP contribution in [-0.4, -0.2) is 29.9 Å². The van der Waals surface area contributed by atoms with E-state index in [1.807, 2.05) is 30.3 Å². The maximum atomic E-state index is 13.5. The Hall–Kier alpha value is -3.29. The number of urea groups is 1. The van der Waals surface area contributed by atoms with Crippen LogP contribution >= 0.6 is 0 Å². The van der Waals surface area contributed by atoms with Crippen molar-refractivity contribution in [1.29, 1.82) is 0 Å².